The van der Waals surface area contributed by atoms with Gasteiger partial charge in [0.05, 0.1) is 17.1 Å². The summed E-state index contributed by atoms with van der Waals surface area (Å²) in [5, 5.41) is 3.88. The van der Waals surface area contributed by atoms with Gasteiger partial charge in [0.1, 0.15) is 17.5 Å². The molecule has 0 aliphatic rings. The van der Waals surface area contributed by atoms with E-state index in [1.165, 1.54) is 12.1 Å². The molecule has 0 fully saturated rings. The summed E-state index contributed by atoms with van der Waals surface area (Å²) >= 11 is 3.41. The van der Waals surface area contributed by atoms with Crippen LogP contribution in [0.5, 0.6) is 0 Å². The first-order valence-corrected chi connectivity index (χ1v) is 8.43. The fraction of sp³-hybridized carbons (Fsp3) is 0.222. The molecule has 0 saturated carbocycles. The van der Waals surface area contributed by atoms with Crippen LogP contribution in [0.3, 0.4) is 0 Å². The van der Waals surface area contributed by atoms with Crippen molar-refractivity contribution in [2.24, 2.45) is 0 Å². The fourth-order valence-electron chi connectivity index (χ4n) is 2.68. The Morgan fingerprint density at radius 2 is 1.80 bits per heavy atom. The van der Waals surface area contributed by atoms with E-state index in [0.717, 1.165) is 21.4 Å². The van der Waals surface area contributed by atoms with Crippen molar-refractivity contribution in [1.82, 2.24) is 9.97 Å². The zero-order valence-electron chi connectivity index (χ0n) is 13.5. The van der Waals surface area contributed by atoms with Crippen LogP contribution >= 0.6 is 15.9 Å². The van der Waals surface area contributed by atoms with Crippen molar-refractivity contribution in [2.45, 2.75) is 26.3 Å². The Balaban J connectivity index is 2.02. The normalized spacial score (nSPS) is 12.6. The summed E-state index contributed by atoms with van der Waals surface area (Å²) in [6.07, 6.45) is -2.86. The van der Waals surface area contributed by atoms with Crippen molar-refractivity contribution in [3.63, 3.8) is 0 Å². The second kappa shape index (κ2) is 7.00. The van der Waals surface area contributed by atoms with Crippen LogP contribution in [0.4, 0.5) is 19.0 Å². The average molecular weight is 410 g/mol. The number of hydrogen-bond acceptors (Lipinski definition) is 3. The van der Waals surface area contributed by atoms with E-state index in [1.54, 1.807) is 13.8 Å². The van der Waals surface area contributed by atoms with E-state index in [-0.39, 0.29) is 5.56 Å². The highest BCUT2D eigenvalue weighted by atomic mass is 79.9. The molecule has 7 heteroatoms. The summed E-state index contributed by atoms with van der Waals surface area (Å²) in [6, 6.07) is 9.04. The third-order valence-electron chi connectivity index (χ3n) is 3.88. The van der Waals surface area contributed by atoms with Gasteiger partial charge >= 0.3 is 0 Å². The lowest BCUT2D eigenvalue weighted by Crippen LogP contribution is -2.12. The van der Waals surface area contributed by atoms with Gasteiger partial charge in [0.25, 0.3) is 6.43 Å². The van der Waals surface area contributed by atoms with Crippen molar-refractivity contribution in [3.8, 4) is 0 Å². The molecule has 130 valence electrons. The van der Waals surface area contributed by atoms with E-state index in [2.05, 4.69) is 31.2 Å². The molecule has 0 radical (unpaired) electrons. The number of rotatable bonds is 4. The summed E-state index contributed by atoms with van der Waals surface area (Å²) in [5.41, 5.74) is 0.307. The second-order valence-corrected chi connectivity index (χ2v) is 6.61. The number of alkyl halides is 2. The molecule has 0 saturated heterocycles. The van der Waals surface area contributed by atoms with Crippen LogP contribution in [-0.2, 0) is 0 Å². The van der Waals surface area contributed by atoms with Crippen molar-refractivity contribution < 1.29 is 13.2 Å². The average Bonchev–Trinajstić information content (AvgIpc) is 2.55. The van der Waals surface area contributed by atoms with Gasteiger partial charge in [0, 0.05) is 15.4 Å². The first-order chi connectivity index (χ1) is 11.9. The van der Waals surface area contributed by atoms with Gasteiger partial charge in [0.2, 0.25) is 0 Å². The zero-order chi connectivity index (χ0) is 18.1. The lowest BCUT2D eigenvalue weighted by Gasteiger charge is -2.18. The van der Waals surface area contributed by atoms with Crippen LogP contribution in [0, 0.1) is 12.7 Å². The molecule has 3 aromatic rings. The molecule has 1 heterocycles. The smallest absolute Gasteiger partial charge is 0.266 e. The Morgan fingerprint density at radius 3 is 2.52 bits per heavy atom. The van der Waals surface area contributed by atoms with Gasteiger partial charge in [-0.3, -0.25) is 0 Å². The first-order valence-electron chi connectivity index (χ1n) is 7.63. The Bertz CT molecular complexity index is 931. The maximum absolute atomic E-state index is 14.4. The van der Waals surface area contributed by atoms with Crippen LogP contribution in [-0.4, -0.2) is 9.97 Å². The molecule has 0 unspecified atom stereocenters. The highest BCUT2D eigenvalue weighted by molar-refractivity contribution is 9.10. The number of nitrogens with one attached hydrogen (secondary N) is 1. The monoisotopic (exact) mass is 409 g/mol. The molecule has 3 rings (SSSR count). The van der Waals surface area contributed by atoms with Gasteiger partial charge in [-0.05, 0) is 32.0 Å². The van der Waals surface area contributed by atoms with Crippen molar-refractivity contribution in [2.75, 3.05) is 5.32 Å². The highest BCUT2D eigenvalue weighted by Gasteiger charge is 2.20. The Kier molecular flexibility index (Phi) is 4.94. The van der Waals surface area contributed by atoms with Crippen LogP contribution in [0.2, 0.25) is 0 Å². The molecule has 0 spiro atoms. The molecule has 0 bridgehead atoms. The predicted octanol–water partition coefficient (Wildman–Crippen LogP) is 5.95. The van der Waals surface area contributed by atoms with Crippen LogP contribution < -0.4 is 5.32 Å². The second-order valence-electron chi connectivity index (χ2n) is 5.70. The number of hydrogen-bond donors (Lipinski definition) is 1. The minimum Gasteiger partial charge on any atom is -0.363 e. The molecule has 0 amide bonds. The van der Waals surface area contributed by atoms with E-state index in [0.29, 0.717) is 11.6 Å². The van der Waals surface area contributed by atoms with Gasteiger partial charge < -0.3 is 5.32 Å². The minimum absolute atomic E-state index is 0.164. The Labute approximate surface area is 151 Å². The summed E-state index contributed by atoms with van der Waals surface area (Å²) in [5.74, 6) is 0.193. The lowest BCUT2D eigenvalue weighted by molar-refractivity contribution is 0.146. The van der Waals surface area contributed by atoms with Gasteiger partial charge in [0.15, 0.2) is 0 Å². The maximum Gasteiger partial charge on any atom is 0.266 e. The van der Waals surface area contributed by atoms with E-state index in [9.17, 15) is 13.2 Å². The molecule has 2 aromatic carbocycles. The quantitative estimate of drug-likeness (QED) is 0.578. The highest BCUT2D eigenvalue weighted by Crippen LogP contribution is 2.31. The zero-order valence-corrected chi connectivity index (χ0v) is 15.1. The molecular formula is C18H15BrF3N3. The summed E-state index contributed by atoms with van der Waals surface area (Å²) in [6.45, 7) is 3.46. The summed E-state index contributed by atoms with van der Waals surface area (Å²) < 4.78 is 41.1. The molecule has 1 atom stereocenters. The van der Waals surface area contributed by atoms with Crippen LogP contribution in [0.15, 0.2) is 40.9 Å². The number of nitrogens with zero attached hydrogens (tertiary/aromatic N) is 2. The van der Waals surface area contributed by atoms with E-state index in [1.807, 2.05) is 18.2 Å². The third-order valence-corrected chi connectivity index (χ3v) is 4.38. The minimum atomic E-state index is -2.86. The van der Waals surface area contributed by atoms with Crippen molar-refractivity contribution in [1.29, 1.82) is 0 Å². The van der Waals surface area contributed by atoms with Gasteiger partial charge in [-0.2, -0.15) is 0 Å². The standard InChI is InChI=1S/C18H15BrF3N3/c1-9(12-4-3-5-13(16(12)20)17(21)22)23-18-14-8-11(19)6-7-15(14)24-10(2)25-18/h3-9,17H,1-2H3,(H,23,24,25)/t9-/m0/s1. The Morgan fingerprint density at radius 1 is 1.08 bits per heavy atom. The summed E-state index contributed by atoms with van der Waals surface area (Å²) in [4.78, 5) is 8.75. The molecule has 3 nitrogen and oxygen atoms in total. The molecule has 1 aromatic heterocycles. The van der Waals surface area contributed by atoms with E-state index in [4.69, 9.17) is 0 Å². The third kappa shape index (κ3) is 3.61. The largest absolute Gasteiger partial charge is 0.363 e. The van der Waals surface area contributed by atoms with E-state index >= 15 is 0 Å². The fourth-order valence-corrected chi connectivity index (χ4v) is 3.04. The summed E-state index contributed by atoms with van der Waals surface area (Å²) in [7, 11) is 0. The van der Waals surface area contributed by atoms with E-state index < -0.39 is 23.8 Å². The number of halogens is 4. The van der Waals surface area contributed by atoms with Crippen molar-refractivity contribution in [3.05, 3.63) is 63.6 Å². The molecule has 1 N–H and O–H groups in total. The van der Waals surface area contributed by atoms with Crippen molar-refractivity contribution >= 4 is 32.7 Å². The first kappa shape index (κ1) is 17.7. The Hall–Kier alpha value is -2.15. The molecule has 0 aliphatic heterocycles. The van der Waals surface area contributed by atoms with Crippen LogP contribution in [0.1, 0.15) is 36.3 Å². The molecule has 25 heavy (non-hydrogen) atoms. The molecular weight excluding hydrogens is 395 g/mol. The van der Waals surface area contributed by atoms with Gasteiger partial charge in [-0.25, -0.2) is 23.1 Å². The maximum atomic E-state index is 14.4. The number of aryl methyl sites for hydroxylation is 1. The van der Waals surface area contributed by atoms with Gasteiger partial charge in [-0.15, -0.1) is 0 Å². The number of anilines is 1. The number of aromatic nitrogens is 2. The molecule has 0 aliphatic carbocycles. The lowest BCUT2D eigenvalue weighted by atomic mass is 10.0. The topological polar surface area (TPSA) is 37.8 Å². The predicted molar refractivity (Wildman–Crippen MR) is 95.4 cm³/mol. The van der Waals surface area contributed by atoms with Crippen LogP contribution in [0.25, 0.3) is 10.9 Å². The number of fused-ring (bicyclic) bond motifs is 1. The number of benzene rings is 2. The SMILES string of the molecule is Cc1nc(N[C@@H](C)c2cccc(C(F)F)c2F)c2cc(Br)ccc2n1. The van der Waals surface area contributed by atoms with Gasteiger partial charge in [-0.1, -0.05) is 34.1 Å².